The van der Waals surface area contributed by atoms with Crippen LogP contribution in [0, 0.1) is 0 Å². The number of anilines is 1. The fourth-order valence-electron chi connectivity index (χ4n) is 4.49. The van der Waals surface area contributed by atoms with E-state index in [1.54, 1.807) is 24.2 Å². The van der Waals surface area contributed by atoms with E-state index >= 15 is 0 Å². The number of ether oxygens (including phenoxy) is 1. The van der Waals surface area contributed by atoms with E-state index in [0.29, 0.717) is 16.0 Å². The van der Waals surface area contributed by atoms with E-state index in [0.717, 1.165) is 33.7 Å². The number of fused-ring (bicyclic) bond motifs is 3. The molecule has 0 saturated heterocycles. The number of thioether (sulfide) groups is 1. The van der Waals surface area contributed by atoms with E-state index in [-0.39, 0.29) is 12.1 Å². The summed E-state index contributed by atoms with van der Waals surface area (Å²) < 4.78 is 8.49. The Hall–Kier alpha value is -2.93. The van der Waals surface area contributed by atoms with Crippen molar-refractivity contribution in [3.8, 4) is 5.75 Å². The van der Waals surface area contributed by atoms with Gasteiger partial charge in [-0.3, -0.25) is 0 Å². The number of para-hydroxylation sites is 1. The second-order valence-corrected chi connectivity index (χ2v) is 9.54. The van der Waals surface area contributed by atoms with Crippen LogP contribution < -0.4 is 10.1 Å². The fraction of sp³-hybridized carbons (Fsp3) is 0.120. The highest BCUT2D eigenvalue weighted by Crippen LogP contribution is 2.51. The highest BCUT2D eigenvalue weighted by atomic mass is 35.5. The molecule has 8 heteroatoms. The van der Waals surface area contributed by atoms with Crippen LogP contribution in [-0.4, -0.2) is 21.0 Å². The second-order valence-electron chi connectivity index (χ2n) is 7.82. The van der Waals surface area contributed by atoms with Gasteiger partial charge < -0.3 is 10.1 Å². The maximum Gasteiger partial charge on any atom is 0.226 e. The van der Waals surface area contributed by atoms with Crippen LogP contribution in [0.25, 0.3) is 5.70 Å². The number of rotatable bonds is 3. The van der Waals surface area contributed by atoms with Crippen LogP contribution in [0.15, 0.2) is 83.5 Å². The lowest BCUT2D eigenvalue weighted by molar-refractivity contribution is 0.223. The van der Waals surface area contributed by atoms with E-state index in [1.165, 1.54) is 4.90 Å². The van der Waals surface area contributed by atoms with Gasteiger partial charge in [-0.25, -0.2) is 4.68 Å². The topological polar surface area (TPSA) is 52.0 Å². The van der Waals surface area contributed by atoms with Crippen molar-refractivity contribution in [1.82, 2.24) is 14.8 Å². The van der Waals surface area contributed by atoms with Crippen molar-refractivity contribution < 1.29 is 4.74 Å². The summed E-state index contributed by atoms with van der Waals surface area (Å²) in [6, 6.07) is 21.7. The van der Waals surface area contributed by atoms with Crippen LogP contribution in [-0.2, 0) is 0 Å². The van der Waals surface area contributed by atoms with Crippen molar-refractivity contribution in [1.29, 1.82) is 0 Å². The normalized spacial score (nSPS) is 18.6. The number of nitrogens with one attached hydrogen (secondary N) is 1. The third kappa shape index (κ3) is 3.41. The molecule has 0 spiro atoms. The molecule has 0 unspecified atom stereocenters. The lowest BCUT2D eigenvalue weighted by Gasteiger charge is -2.39. The van der Waals surface area contributed by atoms with E-state index in [9.17, 15) is 0 Å². The maximum absolute atomic E-state index is 6.73. The van der Waals surface area contributed by atoms with Gasteiger partial charge in [0, 0.05) is 26.1 Å². The molecule has 1 N–H and O–H groups in total. The van der Waals surface area contributed by atoms with Gasteiger partial charge in [0.1, 0.15) is 24.2 Å². The summed E-state index contributed by atoms with van der Waals surface area (Å²) in [4.78, 5) is 5.65. The molecule has 0 saturated carbocycles. The fourth-order valence-corrected chi connectivity index (χ4v) is 5.41. The lowest BCUT2D eigenvalue weighted by Crippen LogP contribution is -2.32. The van der Waals surface area contributed by atoms with Crippen LogP contribution in [0.5, 0.6) is 5.75 Å². The molecule has 0 bridgehead atoms. The molecule has 0 amide bonds. The summed E-state index contributed by atoms with van der Waals surface area (Å²) in [6.45, 7) is 0. The Morgan fingerprint density at radius 2 is 1.85 bits per heavy atom. The van der Waals surface area contributed by atoms with Crippen molar-refractivity contribution in [3.05, 3.63) is 105 Å². The number of halogens is 2. The van der Waals surface area contributed by atoms with Gasteiger partial charge in [0.15, 0.2) is 0 Å². The molecule has 0 fully saturated rings. The Morgan fingerprint density at radius 1 is 1.03 bits per heavy atom. The summed E-state index contributed by atoms with van der Waals surface area (Å²) in [5, 5.41) is 9.19. The average molecular weight is 493 g/mol. The molecule has 33 heavy (non-hydrogen) atoms. The van der Waals surface area contributed by atoms with Crippen molar-refractivity contribution in [3.63, 3.8) is 0 Å². The Labute approximate surface area is 205 Å². The van der Waals surface area contributed by atoms with Crippen LogP contribution in [0.2, 0.25) is 10.0 Å². The van der Waals surface area contributed by atoms with E-state index in [2.05, 4.69) is 52.0 Å². The first-order chi connectivity index (χ1) is 16.1. The van der Waals surface area contributed by atoms with Crippen molar-refractivity contribution >= 4 is 46.6 Å². The minimum absolute atomic E-state index is 0.318. The maximum atomic E-state index is 6.73. The van der Waals surface area contributed by atoms with E-state index in [4.69, 9.17) is 27.9 Å². The molecule has 4 aromatic rings. The standard InChI is InChI=1S/C25H18Cl2N4OS/c1-33-16-9-6-14(7-10-16)24-21-22(18-4-2-3-5-20(18)32-24)30-25-28-13-29-31(25)23(21)17-11-8-15(26)12-19(17)27/h2-13,23-24H,1H3,(H,28,29,30)/t23-,24-/m0/s1. The number of aromatic nitrogens is 3. The van der Waals surface area contributed by atoms with Gasteiger partial charge in [-0.1, -0.05) is 53.5 Å². The number of hydrogen-bond donors (Lipinski definition) is 1. The molecular weight excluding hydrogens is 475 g/mol. The Bertz CT molecular complexity index is 1400. The zero-order valence-corrected chi connectivity index (χ0v) is 19.8. The smallest absolute Gasteiger partial charge is 0.226 e. The zero-order valence-electron chi connectivity index (χ0n) is 17.5. The Morgan fingerprint density at radius 3 is 2.64 bits per heavy atom. The number of benzene rings is 3. The SMILES string of the molecule is CSc1ccc([C@@H]2Oc3ccccc3C3=C2[C@H](c2ccc(Cl)cc2Cl)n2ncnc2N3)cc1. The van der Waals surface area contributed by atoms with Crippen molar-refractivity contribution in [2.45, 2.75) is 17.0 Å². The van der Waals surface area contributed by atoms with Gasteiger partial charge in [-0.05, 0) is 53.8 Å². The van der Waals surface area contributed by atoms with Crippen LogP contribution in [0.1, 0.15) is 28.8 Å². The number of nitrogens with zero attached hydrogens (tertiary/aromatic N) is 3. The summed E-state index contributed by atoms with van der Waals surface area (Å²) in [5.41, 5.74) is 4.90. The van der Waals surface area contributed by atoms with Crippen LogP contribution in [0.3, 0.4) is 0 Å². The first-order valence-corrected chi connectivity index (χ1v) is 12.4. The number of hydrogen-bond acceptors (Lipinski definition) is 5. The molecule has 2 aliphatic heterocycles. The monoisotopic (exact) mass is 492 g/mol. The molecule has 3 heterocycles. The van der Waals surface area contributed by atoms with Gasteiger partial charge in [0.25, 0.3) is 0 Å². The lowest BCUT2D eigenvalue weighted by atomic mass is 9.84. The average Bonchev–Trinajstić information content (AvgIpc) is 3.31. The highest BCUT2D eigenvalue weighted by molar-refractivity contribution is 7.98. The minimum atomic E-state index is -0.340. The van der Waals surface area contributed by atoms with Gasteiger partial charge in [0.05, 0.1) is 5.70 Å². The van der Waals surface area contributed by atoms with Crippen molar-refractivity contribution in [2.75, 3.05) is 11.6 Å². The summed E-state index contributed by atoms with van der Waals surface area (Å²) in [6.07, 6.45) is 3.28. The Kier molecular flexibility index (Phi) is 5.09. The van der Waals surface area contributed by atoms with Gasteiger partial charge in [-0.2, -0.15) is 10.1 Å². The molecule has 2 atom stereocenters. The molecule has 0 aliphatic carbocycles. The van der Waals surface area contributed by atoms with Gasteiger partial charge >= 0.3 is 0 Å². The third-order valence-electron chi connectivity index (χ3n) is 6.00. The van der Waals surface area contributed by atoms with Gasteiger partial charge in [0.2, 0.25) is 5.95 Å². The largest absolute Gasteiger partial charge is 0.480 e. The predicted molar refractivity (Wildman–Crippen MR) is 133 cm³/mol. The van der Waals surface area contributed by atoms with Gasteiger partial charge in [-0.15, -0.1) is 11.8 Å². The van der Waals surface area contributed by atoms with Crippen molar-refractivity contribution in [2.24, 2.45) is 0 Å². The van der Waals surface area contributed by atoms with E-state index in [1.807, 2.05) is 35.0 Å². The molecule has 3 aromatic carbocycles. The first-order valence-electron chi connectivity index (χ1n) is 10.4. The summed E-state index contributed by atoms with van der Waals surface area (Å²) in [7, 11) is 0. The molecule has 0 radical (unpaired) electrons. The molecule has 6 rings (SSSR count). The third-order valence-corrected chi connectivity index (χ3v) is 7.30. The quantitative estimate of drug-likeness (QED) is 0.316. The first kappa shape index (κ1) is 20.7. The van der Waals surface area contributed by atoms with Crippen LogP contribution in [0.4, 0.5) is 5.95 Å². The molecule has 5 nitrogen and oxygen atoms in total. The Balaban J connectivity index is 1.62. The second kappa shape index (κ2) is 8.13. The molecule has 1 aromatic heterocycles. The van der Waals surface area contributed by atoms with Crippen LogP contribution >= 0.6 is 35.0 Å². The predicted octanol–water partition coefficient (Wildman–Crippen LogP) is 6.87. The molecule has 2 aliphatic rings. The summed E-state index contributed by atoms with van der Waals surface area (Å²) in [5.74, 6) is 1.47. The summed E-state index contributed by atoms with van der Waals surface area (Å²) >= 11 is 14.7. The molecule has 164 valence electrons. The van der Waals surface area contributed by atoms with E-state index < -0.39 is 0 Å². The highest BCUT2D eigenvalue weighted by Gasteiger charge is 2.41. The molecular formula is C25H18Cl2N4OS. The minimum Gasteiger partial charge on any atom is -0.480 e. The zero-order chi connectivity index (χ0) is 22.5.